The van der Waals surface area contributed by atoms with Crippen LogP contribution >= 0.6 is 0 Å². The van der Waals surface area contributed by atoms with E-state index >= 15 is 0 Å². The second-order valence-electron chi connectivity index (χ2n) is 6.24. The minimum Gasteiger partial charge on any atom is -0.497 e. The third kappa shape index (κ3) is 3.65. The largest absolute Gasteiger partial charge is 0.497 e. The maximum atomic E-state index is 12.5. The summed E-state index contributed by atoms with van der Waals surface area (Å²) in [5.41, 5.74) is 1.57. The Morgan fingerprint density at radius 3 is 2.80 bits per heavy atom. The molecule has 25 heavy (non-hydrogen) atoms. The number of carbonyl (C=O) groups is 2. The van der Waals surface area contributed by atoms with Gasteiger partial charge in [0.05, 0.1) is 25.1 Å². The van der Waals surface area contributed by atoms with Crippen molar-refractivity contribution in [2.24, 2.45) is 5.92 Å². The quantitative estimate of drug-likeness (QED) is 0.890. The third-order valence-electron chi connectivity index (χ3n) is 4.51. The Hall–Kier alpha value is -2.83. The number of aromatic nitrogens is 1. The van der Waals surface area contributed by atoms with E-state index < -0.39 is 11.9 Å². The Bertz CT molecular complexity index is 785. The molecule has 2 aromatic rings. The van der Waals surface area contributed by atoms with Gasteiger partial charge in [-0.1, -0.05) is 17.3 Å². The highest BCUT2D eigenvalue weighted by Crippen LogP contribution is 2.34. The van der Waals surface area contributed by atoms with Gasteiger partial charge in [-0.05, 0) is 24.6 Å². The van der Waals surface area contributed by atoms with Crippen LogP contribution in [0.25, 0.3) is 0 Å². The van der Waals surface area contributed by atoms with E-state index in [-0.39, 0.29) is 24.8 Å². The molecule has 1 N–H and O–H groups in total. The fraction of sp³-hybridized carbons (Fsp3) is 0.389. The Labute approximate surface area is 145 Å². The topological polar surface area (TPSA) is 92.9 Å². The van der Waals surface area contributed by atoms with Crippen LogP contribution in [0, 0.1) is 12.8 Å². The highest BCUT2D eigenvalue weighted by molar-refractivity contribution is 5.81. The number of hydrogen-bond donors (Lipinski definition) is 1. The number of amides is 1. The van der Waals surface area contributed by atoms with Crippen LogP contribution in [0.15, 0.2) is 34.9 Å². The van der Waals surface area contributed by atoms with E-state index in [9.17, 15) is 14.7 Å². The summed E-state index contributed by atoms with van der Waals surface area (Å²) in [6.45, 7) is 2.33. The number of methoxy groups -OCH3 is 1. The third-order valence-corrected chi connectivity index (χ3v) is 4.51. The van der Waals surface area contributed by atoms with Crippen molar-refractivity contribution in [3.63, 3.8) is 0 Å². The first-order chi connectivity index (χ1) is 12.0. The fourth-order valence-corrected chi connectivity index (χ4v) is 3.23. The van der Waals surface area contributed by atoms with Gasteiger partial charge in [-0.15, -0.1) is 0 Å². The SMILES string of the molecule is COc1cccc(C2CN(C(=O)Cc3cc(C)no3)CC2C(=O)O)c1. The molecule has 0 radical (unpaired) electrons. The van der Waals surface area contributed by atoms with Crippen LogP contribution in [-0.2, 0) is 16.0 Å². The summed E-state index contributed by atoms with van der Waals surface area (Å²) in [7, 11) is 1.57. The number of carbonyl (C=O) groups excluding carboxylic acids is 1. The van der Waals surface area contributed by atoms with Crippen LogP contribution in [0.5, 0.6) is 5.75 Å². The van der Waals surface area contributed by atoms with E-state index in [4.69, 9.17) is 9.26 Å². The summed E-state index contributed by atoms with van der Waals surface area (Å²) in [5.74, 6) is -0.824. The van der Waals surface area contributed by atoms with Gasteiger partial charge in [-0.3, -0.25) is 9.59 Å². The van der Waals surface area contributed by atoms with Gasteiger partial charge in [0, 0.05) is 25.1 Å². The number of carboxylic acid groups (broad SMARTS) is 1. The number of ether oxygens (including phenoxy) is 1. The average molecular weight is 344 g/mol. The minimum absolute atomic E-state index is 0.0814. The van der Waals surface area contributed by atoms with Crippen molar-refractivity contribution >= 4 is 11.9 Å². The normalized spacial score (nSPS) is 19.8. The van der Waals surface area contributed by atoms with Crippen LogP contribution < -0.4 is 4.74 Å². The van der Waals surface area contributed by atoms with E-state index in [0.29, 0.717) is 23.7 Å². The summed E-state index contributed by atoms with van der Waals surface area (Å²) in [6, 6.07) is 9.05. The summed E-state index contributed by atoms with van der Waals surface area (Å²) in [6.07, 6.45) is 0.0814. The fourth-order valence-electron chi connectivity index (χ4n) is 3.23. The molecule has 1 aliphatic rings. The number of nitrogens with zero attached hydrogens (tertiary/aromatic N) is 2. The standard InChI is InChI=1S/C18H20N2O5/c1-11-6-14(25-19-11)8-17(21)20-9-15(16(10-20)18(22)23)12-4-3-5-13(7-12)24-2/h3-7,15-16H,8-10H2,1-2H3,(H,22,23). The number of aliphatic carboxylic acids is 1. The van der Waals surface area contributed by atoms with Crippen molar-refractivity contribution in [2.45, 2.75) is 19.3 Å². The van der Waals surface area contributed by atoms with Crippen LogP contribution in [0.4, 0.5) is 0 Å². The van der Waals surface area contributed by atoms with E-state index in [2.05, 4.69) is 5.16 Å². The first-order valence-electron chi connectivity index (χ1n) is 8.04. The smallest absolute Gasteiger partial charge is 0.308 e. The lowest BCUT2D eigenvalue weighted by Gasteiger charge is -2.16. The molecule has 1 amide bonds. The highest BCUT2D eigenvalue weighted by Gasteiger charge is 2.40. The predicted molar refractivity (Wildman–Crippen MR) is 88.4 cm³/mol. The molecule has 132 valence electrons. The molecule has 3 rings (SSSR count). The number of hydrogen-bond acceptors (Lipinski definition) is 5. The molecule has 0 saturated carbocycles. The average Bonchev–Trinajstić information content (AvgIpc) is 3.21. The molecular weight excluding hydrogens is 324 g/mol. The van der Waals surface area contributed by atoms with Crippen LogP contribution in [-0.4, -0.2) is 47.2 Å². The van der Waals surface area contributed by atoms with Crippen molar-refractivity contribution < 1.29 is 24.0 Å². The molecule has 1 fully saturated rings. The zero-order chi connectivity index (χ0) is 18.0. The zero-order valence-corrected chi connectivity index (χ0v) is 14.1. The molecule has 0 bridgehead atoms. The lowest BCUT2D eigenvalue weighted by Crippen LogP contribution is -2.31. The second-order valence-corrected chi connectivity index (χ2v) is 6.24. The molecule has 2 heterocycles. The van der Waals surface area contributed by atoms with Crippen LogP contribution in [0.1, 0.15) is 22.9 Å². The number of rotatable bonds is 5. The van der Waals surface area contributed by atoms with E-state index in [0.717, 1.165) is 5.56 Å². The molecule has 1 aromatic heterocycles. The molecule has 7 heteroatoms. The molecule has 1 saturated heterocycles. The summed E-state index contributed by atoms with van der Waals surface area (Å²) in [4.78, 5) is 25.8. The summed E-state index contributed by atoms with van der Waals surface area (Å²) in [5, 5.41) is 13.3. The molecule has 1 aliphatic heterocycles. The van der Waals surface area contributed by atoms with Crippen LogP contribution in [0.2, 0.25) is 0 Å². The van der Waals surface area contributed by atoms with Gasteiger partial charge in [0.25, 0.3) is 0 Å². The van der Waals surface area contributed by atoms with Crippen molar-refractivity contribution in [3.8, 4) is 5.75 Å². The maximum absolute atomic E-state index is 12.5. The lowest BCUT2D eigenvalue weighted by molar-refractivity contribution is -0.141. The van der Waals surface area contributed by atoms with Gasteiger partial charge in [0.15, 0.2) is 0 Å². The van der Waals surface area contributed by atoms with Gasteiger partial charge in [0.1, 0.15) is 11.5 Å². The Morgan fingerprint density at radius 1 is 1.36 bits per heavy atom. The first kappa shape index (κ1) is 17.0. The van der Waals surface area contributed by atoms with E-state index in [1.165, 1.54) is 0 Å². The molecule has 2 unspecified atom stereocenters. The second kappa shape index (κ2) is 6.96. The van der Waals surface area contributed by atoms with Crippen molar-refractivity contribution in [1.82, 2.24) is 10.1 Å². The van der Waals surface area contributed by atoms with Crippen LogP contribution in [0.3, 0.4) is 0 Å². The molecule has 0 spiro atoms. The number of benzene rings is 1. The Morgan fingerprint density at radius 2 is 2.16 bits per heavy atom. The van der Waals surface area contributed by atoms with Crippen molar-refractivity contribution in [3.05, 3.63) is 47.3 Å². The minimum atomic E-state index is -0.904. The van der Waals surface area contributed by atoms with Gasteiger partial charge in [0.2, 0.25) is 5.91 Å². The lowest BCUT2D eigenvalue weighted by atomic mass is 9.89. The first-order valence-corrected chi connectivity index (χ1v) is 8.04. The summed E-state index contributed by atoms with van der Waals surface area (Å²) >= 11 is 0. The molecule has 1 aromatic carbocycles. The van der Waals surface area contributed by atoms with Gasteiger partial charge < -0.3 is 19.3 Å². The zero-order valence-electron chi connectivity index (χ0n) is 14.1. The van der Waals surface area contributed by atoms with E-state index in [1.807, 2.05) is 24.3 Å². The molecule has 7 nitrogen and oxygen atoms in total. The maximum Gasteiger partial charge on any atom is 0.308 e. The van der Waals surface area contributed by atoms with Gasteiger partial charge in [-0.2, -0.15) is 0 Å². The predicted octanol–water partition coefficient (Wildman–Crippen LogP) is 1.86. The number of aryl methyl sites for hydroxylation is 1. The number of likely N-dealkylation sites (tertiary alicyclic amines) is 1. The molecule has 2 atom stereocenters. The van der Waals surface area contributed by atoms with Crippen molar-refractivity contribution in [1.29, 1.82) is 0 Å². The highest BCUT2D eigenvalue weighted by atomic mass is 16.5. The molecular formula is C18H20N2O5. The summed E-state index contributed by atoms with van der Waals surface area (Å²) < 4.78 is 10.3. The Balaban J connectivity index is 1.77. The van der Waals surface area contributed by atoms with Crippen molar-refractivity contribution in [2.75, 3.05) is 20.2 Å². The monoisotopic (exact) mass is 344 g/mol. The molecule has 0 aliphatic carbocycles. The van der Waals surface area contributed by atoms with E-state index in [1.54, 1.807) is 25.0 Å². The van der Waals surface area contributed by atoms with Gasteiger partial charge in [-0.25, -0.2) is 0 Å². The number of carboxylic acids is 1. The Kier molecular flexibility index (Phi) is 4.74. The van der Waals surface area contributed by atoms with Gasteiger partial charge >= 0.3 is 5.97 Å².